The smallest absolute Gasteiger partial charge is 0.319 e. The first-order chi connectivity index (χ1) is 7.49. The fourth-order valence-electron chi connectivity index (χ4n) is 0.975. The van der Waals surface area contributed by atoms with Crippen LogP contribution in [0.4, 0.5) is 14.9 Å². The number of carbonyl (C=O) groups excluding carboxylic acids is 1. The van der Waals surface area contributed by atoms with Crippen molar-refractivity contribution >= 4 is 17.6 Å². The van der Waals surface area contributed by atoms with E-state index in [1.165, 1.54) is 24.3 Å². The van der Waals surface area contributed by atoms with Crippen LogP contribution >= 0.6 is 0 Å². The van der Waals surface area contributed by atoms with E-state index in [2.05, 4.69) is 10.6 Å². The van der Waals surface area contributed by atoms with Crippen LogP contribution < -0.4 is 16.4 Å². The van der Waals surface area contributed by atoms with Gasteiger partial charge in [0.05, 0.1) is 6.04 Å². The van der Waals surface area contributed by atoms with Gasteiger partial charge in [0.1, 0.15) is 11.7 Å². The highest BCUT2D eigenvalue weighted by atomic mass is 19.1. The van der Waals surface area contributed by atoms with Crippen LogP contribution in [0.5, 0.6) is 0 Å². The Bertz CT molecular complexity index is 390. The van der Waals surface area contributed by atoms with Crippen molar-refractivity contribution in [3.05, 3.63) is 30.1 Å². The molecule has 0 saturated heterocycles. The van der Waals surface area contributed by atoms with Gasteiger partial charge < -0.3 is 16.4 Å². The number of benzene rings is 1. The van der Waals surface area contributed by atoms with Crippen molar-refractivity contribution in [1.29, 1.82) is 5.41 Å². The van der Waals surface area contributed by atoms with Crippen LogP contribution in [0.25, 0.3) is 0 Å². The summed E-state index contributed by atoms with van der Waals surface area (Å²) in [5.41, 5.74) is 5.66. The van der Waals surface area contributed by atoms with Gasteiger partial charge in [-0.3, -0.25) is 5.41 Å². The van der Waals surface area contributed by atoms with Crippen molar-refractivity contribution in [2.24, 2.45) is 5.73 Å². The van der Waals surface area contributed by atoms with Crippen LogP contribution in [0.3, 0.4) is 0 Å². The first-order valence-electron chi connectivity index (χ1n) is 4.66. The van der Waals surface area contributed by atoms with E-state index < -0.39 is 12.1 Å². The third kappa shape index (κ3) is 3.56. The fraction of sp³-hybridized carbons (Fsp3) is 0.200. The standard InChI is InChI=1S/C10H13FN4O/c1-6(9(12)13)14-10(16)15-8-4-2-7(11)3-5-8/h2-6H,1H3,(H3,12,13)(H2,14,15,16). The van der Waals surface area contributed by atoms with Crippen molar-refractivity contribution in [3.63, 3.8) is 0 Å². The van der Waals surface area contributed by atoms with E-state index in [1.54, 1.807) is 6.92 Å². The SMILES string of the molecule is CC(NC(=O)Nc1ccc(F)cc1)C(=N)N. The number of amides is 2. The maximum absolute atomic E-state index is 12.6. The van der Waals surface area contributed by atoms with Gasteiger partial charge in [0.2, 0.25) is 0 Å². The van der Waals surface area contributed by atoms with Crippen LogP contribution in [0.1, 0.15) is 6.92 Å². The Kier molecular flexibility index (Phi) is 3.82. The molecule has 0 aromatic heterocycles. The highest BCUT2D eigenvalue weighted by Crippen LogP contribution is 2.07. The van der Waals surface area contributed by atoms with Crippen molar-refractivity contribution in [3.8, 4) is 0 Å². The zero-order valence-electron chi connectivity index (χ0n) is 8.75. The molecule has 5 N–H and O–H groups in total. The Labute approximate surface area is 92.3 Å². The molecule has 6 heteroatoms. The second kappa shape index (κ2) is 5.11. The molecule has 5 nitrogen and oxygen atoms in total. The summed E-state index contributed by atoms with van der Waals surface area (Å²) in [5, 5.41) is 12.0. The molecule has 0 bridgehead atoms. The molecule has 2 amide bonds. The van der Waals surface area contributed by atoms with Gasteiger partial charge in [-0.15, -0.1) is 0 Å². The number of amidine groups is 1. The summed E-state index contributed by atoms with van der Waals surface area (Å²) in [7, 11) is 0. The molecule has 0 radical (unpaired) electrons. The second-order valence-corrected chi connectivity index (χ2v) is 3.28. The number of hydrogen-bond acceptors (Lipinski definition) is 2. The van der Waals surface area contributed by atoms with Crippen LogP contribution in [0.15, 0.2) is 24.3 Å². The van der Waals surface area contributed by atoms with Crippen molar-refractivity contribution in [2.45, 2.75) is 13.0 Å². The summed E-state index contributed by atoms with van der Waals surface area (Å²) in [5.74, 6) is -0.502. The number of anilines is 1. The average molecular weight is 224 g/mol. The molecule has 16 heavy (non-hydrogen) atoms. The highest BCUT2D eigenvalue weighted by molar-refractivity contribution is 5.93. The molecular weight excluding hydrogens is 211 g/mol. The third-order valence-corrected chi connectivity index (χ3v) is 1.92. The normalized spacial score (nSPS) is 11.6. The molecule has 0 aliphatic heterocycles. The molecule has 86 valence electrons. The Hall–Kier alpha value is -2.11. The maximum Gasteiger partial charge on any atom is 0.319 e. The topological polar surface area (TPSA) is 91.0 Å². The van der Waals surface area contributed by atoms with E-state index in [9.17, 15) is 9.18 Å². The van der Waals surface area contributed by atoms with Gasteiger partial charge in [-0.05, 0) is 31.2 Å². The predicted molar refractivity (Wildman–Crippen MR) is 59.9 cm³/mol. The number of urea groups is 1. The molecular formula is C10H13FN4O. The summed E-state index contributed by atoms with van der Waals surface area (Å²) in [4.78, 5) is 11.3. The summed E-state index contributed by atoms with van der Waals surface area (Å²) in [6.07, 6.45) is 0. The van der Waals surface area contributed by atoms with E-state index in [-0.39, 0.29) is 11.7 Å². The lowest BCUT2D eigenvalue weighted by atomic mass is 10.3. The predicted octanol–water partition coefficient (Wildman–Crippen LogP) is 1.27. The second-order valence-electron chi connectivity index (χ2n) is 3.28. The minimum atomic E-state index is -0.541. The van der Waals surface area contributed by atoms with Gasteiger partial charge in [-0.2, -0.15) is 0 Å². The van der Waals surface area contributed by atoms with Gasteiger partial charge in [0.15, 0.2) is 0 Å². The third-order valence-electron chi connectivity index (χ3n) is 1.92. The number of carbonyl (C=O) groups is 1. The van der Waals surface area contributed by atoms with E-state index in [1.807, 2.05) is 0 Å². The molecule has 1 unspecified atom stereocenters. The lowest BCUT2D eigenvalue weighted by Gasteiger charge is -2.12. The molecule has 0 aliphatic rings. The minimum absolute atomic E-state index is 0.130. The lowest BCUT2D eigenvalue weighted by molar-refractivity contribution is 0.251. The highest BCUT2D eigenvalue weighted by Gasteiger charge is 2.09. The fourth-order valence-corrected chi connectivity index (χ4v) is 0.975. The van der Waals surface area contributed by atoms with Crippen LogP contribution in [-0.4, -0.2) is 17.9 Å². The Morgan fingerprint density at radius 3 is 2.50 bits per heavy atom. The summed E-state index contributed by atoms with van der Waals surface area (Å²) >= 11 is 0. The summed E-state index contributed by atoms with van der Waals surface area (Å²) < 4.78 is 12.6. The summed E-state index contributed by atoms with van der Waals surface area (Å²) in [6.45, 7) is 1.59. The molecule has 0 spiro atoms. The van der Waals surface area contributed by atoms with Gasteiger partial charge in [-0.25, -0.2) is 9.18 Å². The number of nitrogens with one attached hydrogen (secondary N) is 3. The minimum Gasteiger partial charge on any atom is -0.386 e. The van der Waals surface area contributed by atoms with Crippen molar-refractivity contribution in [2.75, 3.05) is 5.32 Å². The monoisotopic (exact) mass is 224 g/mol. The molecule has 1 aromatic rings. The van der Waals surface area contributed by atoms with Crippen LogP contribution in [0, 0.1) is 11.2 Å². The molecule has 1 rings (SSSR count). The van der Waals surface area contributed by atoms with E-state index in [0.717, 1.165) is 0 Å². The molecule has 1 atom stereocenters. The lowest BCUT2D eigenvalue weighted by Crippen LogP contribution is -2.43. The van der Waals surface area contributed by atoms with E-state index in [0.29, 0.717) is 5.69 Å². The Balaban J connectivity index is 2.52. The Morgan fingerprint density at radius 2 is 2.00 bits per heavy atom. The van der Waals surface area contributed by atoms with Crippen molar-refractivity contribution in [1.82, 2.24) is 5.32 Å². The first-order valence-corrected chi connectivity index (χ1v) is 4.66. The summed E-state index contributed by atoms with van der Waals surface area (Å²) in [6, 6.07) is 4.32. The molecule has 0 saturated carbocycles. The average Bonchev–Trinajstić information content (AvgIpc) is 2.21. The Morgan fingerprint density at radius 1 is 1.44 bits per heavy atom. The molecule has 0 aliphatic carbocycles. The van der Waals surface area contributed by atoms with Crippen LogP contribution in [-0.2, 0) is 0 Å². The van der Waals surface area contributed by atoms with Crippen molar-refractivity contribution < 1.29 is 9.18 Å². The number of hydrogen-bond donors (Lipinski definition) is 4. The van der Waals surface area contributed by atoms with Gasteiger partial charge in [0, 0.05) is 5.69 Å². The van der Waals surface area contributed by atoms with Gasteiger partial charge in [0.25, 0.3) is 0 Å². The van der Waals surface area contributed by atoms with E-state index >= 15 is 0 Å². The molecule has 0 fully saturated rings. The first kappa shape index (κ1) is 12.0. The van der Waals surface area contributed by atoms with Gasteiger partial charge >= 0.3 is 6.03 Å². The van der Waals surface area contributed by atoms with Gasteiger partial charge in [-0.1, -0.05) is 0 Å². The molecule has 1 aromatic carbocycles. The van der Waals surface area contributed by atoms with Crippen LogP contribution in [0.2, 0.25) is 0 Å². The zero-order chi connectivity index (χ0) is 12.1. The number of rotatable bonds is 3. The molecule has 0 heterocycles. The quantitative estimate of drug-likeness (QED) is 0.460. The number of halogens is 1. The van der Waals surface area contributed by atoms with E-state index in [4.69, 9.17) is 11.1 Å². The largest absolute Gasteiger partial charge is 0.386 e. The number of nitrogens with two attached hydrogens (primary N) is 1. The zero-order valence-corrected chi connectivity index (χ0v) is 8.75. The maximum atomic E-state index is 12.6.